The van der Waals surface area contributed by atoms with Gasteiger partial charge in [-0.2, -0.15) is 0 Å². The van der Waals surface area contributed by atoms with Gasteiger partial charge in [0.15, 0.2) is 6.10 Å². The molecule has 468 valence electrons. The minimum absolute atomic E-state index is 0.0864. The highest BCUT2D eigenvalue weighted by atomic mass is 16.6. The average molecular weight is 1140 g/mol. The van der Waals surface area contributed by atoms with E-state index in [0.29, 0.717) is 19.3 Å². The van der Waals surface area contributed by atoms with Gasteiger partial charge in [0.1, 0.15) is 13.2 Å². The molecule has 6 heteroatoms. The van der Waals surface area contributed by atoms with Crippen molar-refractivity contribution in [3.8, 4) is 0 Å². The Kier molecular flexibility index (Phi) is 65.8. The number of carbonyl (C=O) groups is 3. The number of rotatable bonds is 62. The van der Waals surface area contributed by atoms with Crippen LogP contribution >= 0.6 is 0 Å². The number of ether oxygens (including phenoxy) is 3. The Morgan fingerprint density at radius 1 is 0.256 bits per heavy atom. The standard InChI is InChI=1S/C76H128O6/c1-4-7-10-13-16-19-22-25-27-29-31-32-33-34-35-36-37-38-39-40-41-42-43-44-45-47-48-51-54-57-60-63-66-69-75(78)81-72-73(71-80-74(77)68-65-62-59-56-53-50-24-21-18-15-12-9-6-3)82-76(79)70-67-64-61-58-55-52-49-46-30-28-26-23-20-17-14-11-8-5-2/h7,10,16,19,21,24-25,27-28,30-32,34-35,37-38,40-41,43-44,73H,4-6,8-9,11-15,17-18,20,22-23,26,29,33,36,39,42,45-72H2,1-3H3/b10-7-,19-16-,24-21-,27-25-,30-28-,32-31-,35-34-,38-37-,41-40-,44-43-. The lowest BCUT2D eigenvalue weighted by Gasteiger charge is -2.18. The van der Waals surface area contributed by atoms with Gasteiger partial charge in [-0.15, -0.1) is 0 Å². The lowest BCUT2D eigenvalue weighted by atomic mass is 10.1. The SMILES string of the molecule is CC/C=C\C/C=C\C/C=C\C/C=C\C/C=C\C/C=C\C/C=C\C/C=C\CCCCCCCCCCC(=O)OCC(COC(=O)CCCCCCC/C=C\CCCCCC)OC(=O)CCCCCCCCC/C=C\CCCCCCCCC. The zero-order valence-corrected chi connectivity index (χ0v) is 53.7. The fourth-order valence-corrected chi connectivity index (χ4v) is 9.51. The summed E-state index contributed by atoms with van der Waals surface area (Å²) in [5.41, 5.74) is 0. The maximum Gasteiger partial charge on any atom is 0.306 e. The van der Waals surface area contributed by atoms with Gasteiger partial charge in [0.2, 0.25) is 0 Å². The molecule has 82 heavy (non-hydrogen) atoms. The van der Waals surface area contributed by atoms with Gasteiger partial charge < -0.3 is 14.2 Å². The quantitative estimate of drug-likeness (QED) is 0.0261. The van der Waals surface area contributed by atoms with Crippen LogP contribution in [0.3, 0.4) is 0 Å². The minimum atomic E-state index is -0.790. The molecule has 0 aliphatic rings. The van der Waals surface area contributed by atoms with E-state index in [1.807, 2.05) is 0 Å². The van der Waals surface area contributed by atoms with E-state index in [4.69, 9.17) is 14.2 Å². The summed E-state index contributed by atoms with van der Waals surface area (Å²) < 4.78 is 16.9. The van der Waals surface area contributed by atoms with Crippen molar-refractivity contribution in [3.05, 3.63) is 122 Å². The Morgan fingerprint density at radius 2 is 0.476 bits per heavy atom. The molecule has 6 nitrogen and oxygen atoms in total. The van der Waals surface area contributed by atoms with Crippen molar-refractivity contribution < 1.29 is 28.6 Å². The Hall–Kier alpha value is -4.19. The number of unbranched alkanes of at least 4 members (excludes halogenated alkanes) is 31. The smallest absolute Gasteiger partial charge is 0.306 e. The van der Waals surface area contributed by atoms with Gasteiger partial charge in [-0.05, 0) is 135 Å². The largest absolute Gasteiger partial charge is 0.462 e. The Balaban J connectivity index is 4.29. The van der Waals surface area contributed by atoms with Gasteiger partial charge in [-0.25, -0.2) is 0 Å². The topological polar surface area (TPSA) is 78.9 Å². The molecule has 0 aliphatic carbocycles. The molecular weight excluding hydrogens is 1010 g/mol. The maximum absolute atomic E-state index is 12.9. The van der Waals surface area contributed by atoms with Crippen molar-refractivity contribution in [2.75, 3.05) is 13.2 Å². The second kappa shape index (κ2) is 69.3. The molecule has 0 saturated carbocycles. The van der Waals surface area contributed by atoms with Crippen molar-refractivity contribution in [1.29, 1.82) is 0 Å². The third-order valence-electron chi connectivity index (χ3n) is 14.7. The van der Waals surface area contributed by atoms with Gasteiger partial charge in [0.25, 0.3) is 0 Å². The summed E-state index contributed by atoms with van der Waals surface area (Å²) >= 11 is 0. The lowest BCUT2D eigenvalue weighted by molar-refractivity contribution is -0.167. The first kappa shape index (κ1) is 77.8. The van der Waals surface area contributed by atoms with Crippen LogP contribution in [-0.4, -0.2) is 37.2 Å². The van der Waals surface area contributed by atoms with Crippen LogP contribution in [0, 0.1) is 0 Å². The van der Waals surface area contributed by atoms with Crippen LogP contribution in [-0.2, 0) is 28.6 Å². The van der Waals surface area contributed by atoms with E-state index in [9.17, 15) is 14.4 Å². The molecule has 0 fully saturated rings. The van der Waals surface area contributed by atoms with Crippen molar-refractivity contribution in [2.45, 2.75) is 329 Å². The number of allylic oxidation sites excluding steroid dienone is 20. The molecule has 0 N–H and O–H groups in total. The molecule has 0 aromatic carbocycles. The minimum Gasteiger partial charge on any atom is -0.462 e. The Labute approximate surface area is 507 Å². The van der Waals surface area contributed by atoms with Gasteiger partial charge in [-0.1, -0.05) is 290 Å². The molecule has 0 bridgehead atoms. The van der Waals surface area contributed by atoms with Gasteiger partial charge in [0, 0.05) is 19.3 Å². The highest BCUT2D eigenvalue weighted by Gasteiger charge is 2.19. The predicted octanol–water partition coefficient (Wildman–Crippen LogP) is 23.9. The number of esters is 3. The first-order chi connectivity index (χ1) is 40.5. The first-order valence-corrected chi connectivity index (χ1v) is 34.5. The average Bonchev–Trinajstić information content (AvgIpc) is 3.47. The number of hydrogen-bond donors (Lipinski definition) is 0. The Bertz CT molecular complexity index is 1690. The normalized spacial score (nSPS) is 12.9. The zero-order chi connectivity index (χ0) is 59.2. The molecule has 0 radical (unpaired) electrons. The predicted molar refractivity (Wildman–Crippen MR) is 357 cm³/mol. The molecule has 0 rings (SSSR count). The summed E-state index contributed by atoms with van der Waals surface area (Å²) in [6.07, 6.45) is 96.4. The van der Waals surface area contributed by atoms with Gasteiger partial charge >= 0.3 is 17.9 Å². The number of carbonyl (C=O) groups excluding carboxylic acids is 3. The summed E-state index contributed by atoms with van der Waals surface area (Å²) in [6, 6.07) is 0. The molecule has 0 heterocycles. The molecular formula is C76H128O6. The zero-order valence-electron chi connectivity index (χ0n) is 53.7. The van der Waals surface area contributed by atoms with Crippen molar-refractivity contribution >= 4 is 17.9 Å². The summed E-state index contributed by atoms with van der Waals surface area (Å²) in [6.45, 7) is 6.51. The molecule has 0 aliphatic heterocycles. The fraction of sp³-hybridized carbons (Fsp3) is 0.697. The third kappa shape index (κ3) is 66.6. The fourth-order valence-electron chi connectivity index (χ4n) is 9.51. The molecule has 0 amide bonds. The van der Waals surface area contributed by atoms with Crippen LogP contribution in [0.1, 0.15) is 323 Å². The van der Waals surface area contributed by atoms with E-state index in [1.54, 1.807) is 0 Å². The highest BCUT2D eigenvalue weighted by molar-refractivity contribution is 5.71. The maximum atomic E-state index is 12.9. The van der Waals surface area contributed by atoms with E-state index in [1.165, 1.54) is 161 Å². The van der Waals surface area contributed by atoms with E-state index in [0.717, 1.165) is 122 Å². The molecule has 1 unspecified atom stereocenters. The molecule has 1 atom stereocenters. The van der Waals surface area contributed by atoms with E-state index < -0.39 is 6.10 Å². The lowest BCUT2D eigenvalue weighted by Crippen LogP contribution is -2.30. The third-order valence-corrected chi connectivity index (χ3v) is 14.7. The molecule has 0 aromatic rings. The summed E-state index contributed by atoms with van der Waals surface area (Å²) in [4.78, 5) is 38.4. The highest BCUT2D eigenvalue weighted by Crippen LogP contribution is 2.16. The van der Waals surface area contributed by atoms with Crippen LogP contribution < -0.4 is 0 Å². The number of hydrogen-bond acceptors (Lipinski definition) is 6. The molecule has 0 spiro atoms. The van der Waals surface area contributed by atoms with E-state index in [2.05, 4.69) is 142 Å². The first-order valence-electron chi connectivity index (χ1n) is 34.5. The van der Waals surface area contributed by atoms with Crippen LogP contribution in [0.5, 0.6) is 0 Å². The van der Waals surface area contributed by atoms with E-state index >= 15 is 0 Å². The van der Waals surface area contributed by atoms with Crippen LogP contribution in [0.25, 0.3) is 0 Å². The van der Waals surface area contributed by atoms with E-state index in [-0.39, 0.29) is 31.1 Å². The monoisotopic (exact) mass is 1140 g/mol. The van der Waals surface area contributed by atoms with Crippen LogP contribution in [0.4, 0.5) is 0 Å². The van der Waals surface area contributed by atoms with Crippen molar-refractivity contribution in [3.63, 3.8) is 0 Å². The summed E-state index contributed by atoms with van der Waals surface area (Å²) in [5, 5.41) is 0. The van der Waals surface area contributed by atoms with Gasteiger partial charge in [-0.3, -0.25) is 14.4 Å². The van der Waals surface area contributed by atoms with Crippen LogP contribution in [0.15, 0.2) is 122 Å². The molecule has 0 aromatic heterocycles. The van der Waals surface area contributed by atoms with Crippen LogP contribution in [0.2, 0.25) is 0 Å². The van der Waals surface area contributed by atoms with Gasteiger partial charge in [0.05, 0.1) is 0 Å². The Morgan fingerprint density at radius 3 is 0.768 bits per heavy atom. The second-order valence-corrected chi connectivity index (χ2v) is 22.7. The summed E-state index contributed by atoms with van der Waals surface area (Å²) in [7, 11) is 0. The van der Waals surface area contributed by atoms with Crippen molar-refractivity contribution in [2.24, 2.45) is 0 Å². The second-order valence-electron chi connectivity index (χ2n) is 22.7. The summed E-state index contributed by atoms with van der Waals surface area (Å²) in [5.74, 6) is -0.899. The van der Waals surface area contributed by atoms with Crippen molar-refractivity contribution in [1.82, 2.24) is 0 Å². The molecule has 0 saturated heterocycles.